The van der Waals surface area contributed by atoms with Crippen molar-refractivity contribution in [1.82, 2.24) is 24.6 Å². The van der Waals surface area contributed by atoms with Gasteiger partial charge < -0.3 is 5.73 Å². The maximum Gasteiger partial charge on any atom is 0.416 e. The number of rotatable bonds is 3. The second-order valence-corrected chi connectivity index (χ2v) is 7.18. The molecule has 0 saturated heterocycles. The third-order valence-electron chi connectivity index (χ3n) is 3.31. The molecular weight excluding hydrogens is 395 g/mol. The molecule has 11 nitrogen and oxygen atoms in total. The number of nitrogens with zero attached hydrogens (tertiary/aromatic N) is 6. The van der Waals surface area contributed by atoms with Crippen LogP contribution in [-0.4, -0.2) is 44.2 Å². The predicted molar refractivity (Wildman–Crippen MR) is 83.2 cm³/mol. The number of benzene rings is 1. The van der Waals surface area contributed by atoms with Gasteiger partial charge in [-0.05, 0) is 12.1 Å². The van der Waals surface area contributed by atoms with Crippen LogP contribution in [-0.2, 0) is 16.0 Å². The van der Waals surface area contributed by atoms with E-state index in [4.69, 9.17) is 5.73 Å². The van der Waals surface area contributed by atoms with Crippen LogP contribution in [0.5, 0.6) is 0 Å². The van der Waals surface area contributed by atoms with E-state index in [9.17, 15) is 31.7 Å². The van der Waals surface area contributed by atoms with Crippen LogP contribution in [0.1, 0.15) is 5.56 Å². The van der Waals surface area contributed by atoms with E-state index < -0.39 is 43.3 Å². The second kappa shape index (κ2) is 5.83. The zero-order valence-corrected chi connectivity index (χ0v) is 14.0. The number of hydrogen-bond acceptors (Lipinski definition) is 9. The van der Waals surface area contributed by atoms with Crippen molar-refractivity contribution in [3.63, 3.8) is 0 Å². The molecule has 0 radical (unpaired) electrons. The Kier molecular flexibility index (Phi) is 3.98. The highest BCUT2D eigenvalue weighted by atomic mass is 32.2. The van der Waals surface area contributed by atoms with Gasteiger partial charge in [0.1, 0.15) is 0 Å². The Bertz CT molecular complexity index is 1190. The lowest BCUT2D eigenvalue weighted by Gasteiger charge is -2.07. The minimum absolute atomic E-state index is 0.334. The van der Waals surface area contributed by atoms with E-state index in [1.807, 2.05) is 0 Å². The molecule has 2 aromatic heterocycles. The Morgan fingerprint density at radius 2 is 1.89 bits per heavy atom. The van der Waals surface area contributed by atoms with Crippen molar-refractivity contribution < 1.29 is 26.5 Å². The Morgan fingerprint density at radius 3 is 2.44 bits per heavy atom. The van der Waals surface area contributed by atoms with Crippen LogP contribution < -0.4 is 5.73 Å². The molecule has 0 spiro atoms. The van der Waals surface area contributed by atoms with Crippen molar-refractivity contribution in [3.05, 3.63) is 33.9 Å². The number of anilines is 1. The average molecular weight is 403 g/mol. The summed E-state index contributed by atoms with van der Waals surface area (Å²) in [6.07, 6.45) is -3.95. The quantitative estimate of drug-likeness (QED) is 0.499. The summed E-state index contributed by atoms with van der Waals surface area (Å²) >= 11 is 0. The third-order valence-corrected chi connectivity index (χ3v) is 4.15. The van der Waals surface area contributed by atoms with Gasteiger partial charge in [0.2, 0.25) is 15.8 Å². The fraction of sp³-hybridized carbons (Fsp3) is 0.167. The fourth-order valence-corrected chi connectivity index (χ4v) is 2.62. The molecule has 0 aliphatic carbocycles. The standard InChI is InChI=1S/C12H8F3N7O4S/c1-27(25,26)11-18-9(16)21-10(19-11)17-8(20-21)6-3-2-5(12(13,14)15)4-7(6)22(23)24/h2-4H,1H3,(H2,16,17,18,19,20). The van der Waals surface area contributed by atoms with Gasteiger partial charge in [0.25, 0.3) is 16.6 Å². The average Bonchev–Trinajstić information content (AvgIpc) is 2.97. The summed E-state index contributed by atoms with van der Waals surface area (Å²) in [6, 6.07) is 1.81. The molecule has 3 rings (SSSR count). The van der Waals surface area contributed by atoms with E-state index in [-0.39, 0.29) is 17.2 Å². The fourth-order valence-electron chi connectivity index (χ4n) is 2.11. The van der Waals surface area contributed by atoms with Gasteiger partial charge in [-0.2, -0.15) is 32.6 Å². The first kappa shape index (κ1) is 18.4. The van der Waals surface area contributed by atoms with Crippen LogP contribution >= 0.6 is 0 Å². The molecule has 0 aliphatic rings. The molecule has 0 aliphatic heterocycles. The van der Waals surface area contributed by atoms with Crippen LogP contribution in [0.4, 0.5) is 24.8 Å². The highest BCUT2D eigenvalue weighted by molar-refractivity contribution is 7.90. The molecule has 0 fully saturated rings. The number of alkyl halides is 3. The van der Waals surface area contributed by atoms with E-state index in [0.717, 1.165) is 16.8 Å². The molecule has 142 valence electrons. The Balaban J connectivity index is 2.24. The highest BCUT2D eigenvalue weighted by Crippen LogP contribution is 2.36. The maximum absolute atomic E-state index is 12.8. The Morgan fingerprint density at radius 1 is 1.22 bits per heavy atom. The number of hydrogen-bond donors (Lipinski definition) is 1. The van der Waals surface area contributed by atoms with E-state index in [2.05, 4.69) is 20.1 Å². The normalized spacial score (nSPS) is 12.4. The van der Waals surface area contributed by atoms with Crippen LogP contribution in [0.15, 0.2) is 23.4 Å². The van der Waals surface area contributed by atoms with E-state index >= 15 is 0 Å². The maximum atomic E-state index is 12.8. The summed E-state index contributed by atoms with van der Waals surface area (Å²) < 4.78 is 62.3. The second-order valence-electron chi connectivity index (χ2n) is 5.27. The van der Waals surface area contributed by atoms with E-state index in [1.54, 1.807) is 0 Å². The smallest absolute Gasteiger partial charge is 0.368 e. The van der Waals surface area contributed by atoms with E-state index in [0.29, 0.717) is 12.1 Å². The molecule has 0 atom stereocenters. The lowest BCUT2D eigenvalue weighted by molar-refractivity contribution is -0.384. The molecule has 0 unspecified atom stereocenters. The third kappa shape index (κ3) is 3.35. The van der Waals surface area contributed by atoms with Gasteiger partial charge in [0.05, 0.1) is 16.1 Å². The summed E-state index contributed by atoms with van der Waals surface area (Å²) in [5.74, 6) is -1.14. The lowest BCUT2D eigenvalue weighted by atomic mass is 10.1. The molecular formula is C12H8F3N7O4S. The Hall–Kier alpha value is -3.36. The monoisotopic (exact) mass is 403 g/mol. The zero-order valence-electron chi connectivity index (χ0n) is 13.2. The van der Waals surface area contributed by atoms with Gasteiger partial charge in [-0.25, -0.2) is 8.42 Å². The summed E-state index contributed by atoms with van der Waals surface area (Å²) in [6.45, 7) is 0. The topological polar surface area (TPSA) is 159 Å². The minimum atomic E-state index is -4.78. The van der Waals surface area contributed by atoms with Crippen molar-refractivity contribution in [1.29, 1.82) is 0 Å². The van der Waals surface area contributed by atoms with Gasteiger partial charge in [0.15, 0.2) is 5.82 Å². The van der Waals surface area contributed by atoms with Gasteiger partial charge >= 0.3 is 6.18 Å². The van der Waals surface area contributed by atoms with Gasteiger partial charge in [0, 0.05) is 12.3 Å². The van der Waals surface area contributed by atoms with Crippen LogP contribution in [0.3, 0.4) is 0 Å². The molecule has 15 heteroatoms. The van der Waals surface area contributed by atoms with Gasteiger partial charge in [-0.1, -0.05) is 0 Å². The predicted octanol–water partition coefficient (Wildman–Crippen LogP) is 1.10. The number of nitro groups is 1. The number of halogens is 3. The first-order valence-electron chi connectivity index (χ1n) is 6.84. The van der Waals surface area contributed by atoms with Crippen molar-refractivity contribution in [2.45, 2.75) is 11.3 Å². The first-order valence-corrected chi connectivity index (χ1v) is 8.73. The van der Waals surface area contributed by atoms with Crippen molar-refractivity contribution in [2.75, 3.05) is 12.0 Å². The molecule has 2 heterocycles. The molecule has 1 aromatic carbocycles. The summed E-state index contributed by atoms with van der Waals surface area (Å²) in [4.78, 5) is 21.2. The van der Waals surface area contributed by atoms with Crippen LogP contribution in [0.25, 0.3) is 17.2 Å². The van der Waals surface area contributed by atoms with E-state index in [1.165, 1.54) is 0 Å². The number of fused-ring (bicyclic) bond motifs is 1. The minimum Gasteiger partial charge on any atom is -0.368 e. The summed E-state index contributed by atoms with van der Waals surface area (Å²) in [5.41, 5.74) is 3.14. The number of nitrogen functional groups attached to an aromatic ring is 1. The largest absolute Gasteiger partial charge is 0.416 e. The number of nitro benzene ring substituents is 1. The summed E-state index contributed by atoms with van der Waals surface area (Å²) in [5, 5.41) is 14.4. The number of sulfone groups is 1. The van der Waals surface area contributed by atoms with Crippen molar-refractivity contribution in [3.8, 4) is 11.4 Å². The zero-order chi connectivity index (χ0) is 20.1. The SMILES string of the molecule is CS(=O)(=O)c1nc(N)n2nc(-c3ccc(C(F)(F)F)cc3[N+](=O)[O-])nc2n1. The van der Waals surface area contributed by atoms with Gasteiger partial charge in [-0.15, -0.1) is 5.10 Å². The molecule has 3 aromatic rings. The molecule has 0 amide bonds. The number of nitrogens with two attached hydrogens (primary N) is 1. The lowest BCUT2D eigenvalue weighted by Crippen LogP contribution is -2.11. The molecule has 27 heavy (non-hydrogen) atoms. The number of aromatic nitrogens is 5. The molecule has 0 bridgehead atoms. The Labute approximate surface area is 147 Å². The van der Waals surface area contributed by atoms with Gasteiger partial charge in [-0.3, -0.25) is 10.1 Å². The molecule has 0 saturated carbocycles. The van der Waals surface area contributed by atoms with Crippen molar-refractivity contribution >= 4 is 27.3 Å². The van der Waals surface area contributed by atoms with Crippen molar-refractivity contribution in [2.24, 2.45) is 0 Å². The highest BCUT2D eigenvalue weighted by Gasteiger charge is 2.34. The van der Waals surface area contributed by atoms with Crippen LogP contribution in [0.2, 0.25) is 0 Å². The first-order chi connectivity index (χ1) is 12.4. The van der Waals surface area contributed by atoms with Crippen LogP contribution in [0, 0.1) is 10.1 Å². The molecule has 2 N–H and O–H groups in total. The summed E-state index contributed by atoms with van der Waals surface area (Å²) in [7, 11) is -3.83.